The Bertz CT molecular complexity index is 1610. The second-order valence-electron chi connectivity index (χ2n) is 10.5. The maximum atomic E-state index is 13.1. The highest BCUT2D eigenvalue weighted by Crippen LogP contribution is 2.43. The molecule has 3 heterocycles. The number of carbonyl (C=O) groups excluding carboxylic acids is 2. The van der Waals surface area contributed by atoms with Crippen LogP contribution in [-0.2, 0) is 53.8 Å². The molecule has 0 spiro atoms. The molecule has 10 heteroatoms. The molecule has 0 amide bonds. The van der Waals surface area contributed by atoms with E-state index in [0.717, 1.165) is 76.1 Å². The Balaban J connectivity index is 1.58. The first-order valence-electron chi connectivity index (χ1n) is 14.3. The average molecular weight is 593 g/mol. The number of ether oxygens (including phenoxy) is 3. The van der Waals surface area contributed by atoms with Gasteiger partial charge in [-0.2, -0.15) is 5.10 Å². The van der Waals surface area contributed by atoms with Gasteiger partial charge in [0.1, 0.15) is 11.4 Å². The van der Waals surface area contributed by atoms with Crippen LogP contribution in [0.25, 0.3) is 22.0 Å². The molecule has 4 aromatic rings. The third kappa shape index (κ3) is 5.89. The molecule has 2 aromatic heterocycles. The smallest absolute Gasteiger partial charge is 0.354 e. The molecule has 9 nitrogen and oxygen atoms in total. The first-order chi connectivity index (χ1) is 20.3. The van der Waals surface area contributed by atoms with Crippen molar-refractivity contribution in [3.8, 4) is 16.9 Å². The first kappa shape index (κ1) is 29.7. The van der Waals surface area contributed by atoms with Crippen LogP contribution in [0.4, 0.5) is 0 Å². The molecule has 1 aliphatic rings. The summed E-state index contributed by atoms with van der Waals surface area (Å²) in [5.41, 5.74) is 7.31. The van der Waals surface area contributed by atoms with E-state index in [2.05, 4.69) is 10.00 Å². The molecule has 1 aliphatic heterocycles. The van der Waals surface area contributed by atoms with Gasteiger partial charge in [0.25, 0.3) is 0 Å². The quantitative estimate of drug-likeness (QED) is 0.179. The van der Waals surface area contributed by atoms with E-state index in [1.807, 2.05) is 48.0 Å². The highest BCUT2D eigenvalue weighted by atomic mass is 35.5. The van der Waals surface area contributed by atoms with Gasteiger partial charge in [0.2, 0.25) is 0 Å². The van der Waals surface area contributed by atoms with Crippen molar-refractivity contribution in [2.24, 2.45) is 7.05 Å². The number of rotatable bonds is 11. The molecular weight excluding hydrogens is 556 g/mol. The number of fused-ring (bicyclic) bond motifs is 2. The van der Waals surface area contributed by atoms with E-state index in [-0.39, 0.29) is 12.6 Å². The number of hydrogen-bond acceptors (Lipinski definition) is 7. The fraction of sp³-hybridized carbons (Fsp3) is 0.406. The Labute approximate surface area is 250 Å². The number of aromatic nitrogens is 3. The van der Waals surface area contributed by atoms with E-state index < -0.39 is 5.97 Å². The van der Waals surface area contributed by atoms with Crippen molar-refractivity contribution in [3.05, 3.63) is 69.6 Å². The summed E-state index contributed by atoms with van der Waals surface area (Å²) in [7, 11) is 4.92. The van der Waals surface area contributed by atoms with Gasteiger partial charge in [-0.3, -0.25) is 9.48 Å². The van der Waals surface area contributed by atoms with Crippen LogP contribution in [0.1, 0.15) is 59.2 Å². The number of aryl methyl sites for hydroxylation is 3. The van der Waals surface area contributed by atoms with Crippen LogP contribution in [-0.4, -0.2) is 47.1 Å². The molecule has 0 saturated heterocycles. The zero-order valence-corrected chi connectivity index (χ0v) is 25.3. The second-order valence-corrected chi connectivity index (χ2v) is 10.9. The Morgan fingerprint density at radius 3 is 2.55 bits per heavy atom. The van der Waals surface area contributed by atoms with E-state index in [9.17, 15) is 9.59 Å². The summed E-state index contributed by atoms with van der Waals surface area (Å²) in [4.78, 5) is 24.4. The third-order valence-corrected chi connectivity index (χ3v) is 8.17. The zero-order valence-electron chi connectivity index (χ0n) is 24.6. The fourth-order valence-corrected chi connectivity index (χ4v) is 6.19. The van der Waals surface area contributed by atoms with Gasteiger partial charge >= 0.3 is 11.9 Å². The minimum atomic E-state index is -0.420. The van der Waals surface area contributed by atoms with Crippen molar-refractivity contribution in [2.75, 3.05) is 20.8 Å². The third-order valence-electron chi connectivity index (χ3n) is 7.86. The van der Waals surface area contributed by atoms with E-state index >= 15 is 0 Å². The Kier molecular flexibility index (Phi) is 9.18. The fourth-order valence-electron chi connectivity index (χ4n) is 5.94. The molecule has 42 heavy (non-hydrogen) atoms. The molecule has 2 aromatic carbocycles. The number of methoxy groups -OCH3 is 2. The molecule has 0 unspecified atom stereocenters. The van der Waals surface area contributed by atoms with Crippen LogP contribution in [0.2, 0.25) is 5.02 Å². The maximum Gasteiger partial charge on any atom is 0.354 e. The molecule has 0 fully saturated rings. The van der Waals surface area contributed by atoms with Gasteiger partial charge in [0.05, 0.1) is 37.1 Å². The number of halogens is 1. The minimum Gasteiger partial charge on any atom is -0.497 e. The number of hydrogen-bond donors (Lipinski definition) is 1. The van der Waals surface area contributed by atoms with E-state index in [1.54, 1.807) is 7.11 Å². The van der Waals surface area contributed by atoms with Gasteiger partial charge in [0.15, 0.2) is 0 Å². The van der Waals surface area contributed by atoms with Crippen molar-refractivity contribution in [1.82, 2.24) is 19.7 Å². The minimum absolute atomic E-state index is 0.272. The van der Waals surface area contributed by atoms with Crippen LogP contribution in [0.5, 0.6) is 5.75 Å². The Hall–Kier alpha value is -3.82. The van der Waals surface area contributed by atoms with Crippen molar-refractivity contribution in [2.45, 2.75) is 58.7 Å². The maximum absolute atomic E-state index is 13.1. The second kappa shape index (κ2) is 13.0. The monoisotopic (exact) mass is 592 g/mol. The molecule has 222 valence electrons. The van der Waals surface area contributed by atoms with Crippen molar-refractivity contribution in [3.63, 3.8) is 0 Å². The number of benzene rings is 2. The van der Waals surface area contributed by atoms with Gasteiger partial charge < -0.3 is 24.1 Å². The van der Waals surface area contributed by atoms with Gasteiger partial charge in [-0.1, -0.05) is 29.8 Å². The lowest BCUT2D eigenvalue weighted by Gasteiger charge is -2.17. The van der Waals surface area contributed by atoms with Crippen molar-refractivity contribution >= 4 is 34.4 Å². The molecule has 5 rings (SSSR count). The summed E-state index contributed by atoms with van der Waals surface area (Å²) < 4.78 is 19.7. The van der Waals surface area contributed by atoms with Crippen molar-refractivity contribution in [1.29, 1.82) is 0 Å². The summed E-state index contributed by atoms with van der Waals surface area (Å²) in [6.45, 7) is 3.75. The van der Waals surface area contributed by atoms with E-state index in [0.29, 0.717) is 36.6 Å². The molecular formula is C32H37ClN4O5. The molecule has 0 atom stereocenters. The summed E-state index contributed by atoms with van der Waals surface area (Å²) in [6.07, 6.45) is 4.17. The van der Waals surface area contributed by atoms with Gasteiger partial charge in [-0.15, -0.1) is 0 Å². The molecule has 0 bridgehead atoms. The van der Waals surface area contributed by atoms with Crippen molar-refractivity contribution < 1.29 is 23.8 Å². The van der Waals surface area contributed by atoms with Gasteiger partial charge in [0, 0.05) is 55.8 Å². The summed E-state index contributed by atoms with van der Waals surface area (Å²) in [5.74, 6) is 0.0798. The summed E-state index contributed by atoms with van der Waals surface area (Å²) in [6, 6.07) is 11.9. The van der Waals surface area contributed by atoms with E-state index in [4.69, 9.17) is 30.9 Å². The van der Waals surface area contributed by atoms with Gasteiger partial charge in [-0.05, 0) is 61.4 Å². The zero-order chi connectivity index (χ0) is 29.8. The number of esters is 2. The predicted octanol–water partition coefficient (Wildman–Crippen LogP) is 5.61. The van der Waals surface area contributed by atoms with Crippen LogP contribution in [0, 0.1) is 0 Å². The Morgan fingerprint density at radius 2 is 1.83 bits per heavy atom. The summed E-state index contributed by atoms with van der Waals surface area (Å²) >= 11 is 7.02. The number of nitrogens with one attached hydrogen (secondary N) is 1. The summed E-state index contributed by atoms with van der Waals surface area (Å²) in [5, 5.41) is 10.1. The molecule has 1 N–H and O–H groups in total. The largest absolute Gasteiger partial charge is 0.497 e. The van der Waals surface area contributed by atoms with E-state index in [1.165, 1.54) is 14.0 Å². The lowest BCUT2D eigenvalue weighted by atomic mass is 9.95. The average Bonchev–Trinajstić information content (AvgIpc) is 3.49. The molecule has 0 aliphatic carbocycles. The normalized spacial score (nSPS) is 12.8. The lowest BCUT2D eigenvalue weighted by molar-refractivity contribution is -0.141. The number of carbonyl (C=O) groups is 2. The molecule has 0 radical (unpaired) electrons. The predicted molar refractivity (Wildman–Crippen MR) is 162 cm³/mol. The standard InChI is InChI=1S/C32H37ClN4O5/c1-20(38)42-17-7-8-23-24-14-15-25(33)28(30(24)36(2)31(23)32(39)41-4)29-26(35-37-16-6-5-9-27(29)37)19-34-18-21-10-12-22(40-3)13-11-21/h10-15,34H,5-9,16-19H2,1-4H3. The van der Waals surface area contributed by atoms with Crippen LogP contribution in [0.15, 0.2) is 36.4 Å². The lowest BCUT2D eigenvalue weighted by Crippen LogP contribution is -2.14. The number of nitrogens with zero attached hydrogens (tertiary/aromatic N) is 3. The van der Waals surface area contributed by atoms with Gasteiger partial charge in [-0.25, -0.2) is 4.79 Å². The highest BCUT2D eigenvalue weighted by molar-refractivity contribution is 6.35. The van der Waals surface area contributed by atoms with Crippen LogP contribution < -0.4 is 10.1 Å². The molecule has 0 saturated carbocycles. The topological polar surface area (TPSA) is 96.6 Å². The highest BCUT2D eigenvalue weighted by Gasteiger charge is 2.29. The Morgan fingerprint density at radius 1 is 1.05 bits per heavy atom. The van der Waals surface area contributed by atoms with Crippen LogP contribution in [0.3, 0.4) is 0 Å². The SMILES string of the molecule is COC(=O)c1c(CCCOC(C)=O)c2ccc(Cl)c(-c3c(CNCc4ccc(OC)cc4)nn4c3CCCC4)c2n1C. The van der Waals surface area contributed by atoms with Crippen LogP contribution >= 0.6 is 11.6 Å². The first-order valence-corrected chi connectivity index (χ1v) is 14.7.